The Morgan fingerprint density at radius 3 is 2.63 bits per heavy atom. The van der Waals surface area contributed by atoms with E-state index in [4.69, 9.17) is 4.42 Å². The molecule has 0 radical (unpaired) electrons. The Bertz CT molecular complexity index is 584. The van der Waals surface area contributed by atoms with E-state index in [0.717, 1.165) is 13.0 Å². The predicted molar refractivity (Wildman–Crippen MR) is 73.6 cm³/mol. The van der Waals surface area contributed by atoms with Gasteiger partial charge in [0, 0.05) is 13.1 Å². The van der Waals surface area contributed by atoms with Crippen LogP contribution in [0.25, 0.3) is 5.57 Å². The summed E-state index contributed by atoms with van der Waals surface area (Å²) in [5, 5.41) is 0. The Hall–Kier alpha value is -2.29. The predicted octanol–water partition coefficient (Wildman–Crippen LogP) is 3.21. The molecule has 96 valence electrons. The molecule has 3 rings (SSSR count). The molecular weight excluding hydrogens is 238 g/mol. The fraction of sp³-hybridized carbons (Fsp3) is 0.188. The van der Waals surface area contributed by atoms with Gasteiger partial charge in [-0.1, -0.05) is 36.4 Å². The van der Waals surface area contributed by atoms with E-state index < -0.39 is 0 Å². The van der Waals surface area contributed by atoms with E-state index in [9.17, 15) is 4.79 Å². The topological polar surface area (TPSA) is 33.5 Å². The van der Waals surface area contributed by atoms with Gasteiger partial charge in [0.1, 0.15) is 6.26 Å². The van der Waals surface area contributed by atoms with Crippen LogP contribution in [0.2, 0.25) is 0 Å². The Balaban J connectivity index is 1.72. The Morgan fingerprint density at radius 1 is 1.16 bits per heavy atom. The molecule has 0 aliphatic carbocycles. The molecule has 0 N–H and O–H groups in total. The monoisotopic (exact) mass is 253 g/mol. The molecule has 2 heterocycles. The van der Waals surface area contributed by atoms with Gasteiger partial charge in [0.15, 0.2) is 0 Å². The number of nitrogens with zero attached hydrogens (tertiary/aromatic N) is 1. The fourth-order valence-electron chi connectivity index (χ4n) is 2.34. The normalized spacial score (nSPS) is 15.2. The third-order valence-corrected chi connectivity index (χ3v) is 3.41. The summed E-state index contributed by atoms with van der Waals surface area (Å²) in [7, 11) is 0. The second-order valence-corrected chi connectivity index (χ2v) is 4.61. The first-order valence-electron chi connectivity index (χ1n) is 6.40. The fourth-order valence-corrected chi connectivity index (χ4v) is 2.34. The third-order valence-electron chi connectivity index (χ3n) is 3.41. The van der Waals surface area contributed by atoms with Gasteiger partial charge in [-0.05, 0) is 23.6 Å². The molecule has 1 aromatic heterocycles. The van der Waals surface area contributed by atoms with Crippen LogP contribution >= 0.6 is 0 Å². The summed E-state index contributed by atoms with van der Waals surface area (Å²) in [4.78, 5) is 14.0. The summed E-state index contributed by atoms with van der Waals surface area (Å²) in [6, 6.07) is 12.0. The molecule has 1 aromatic carbocycles. The zero-order valence-corrected chi connectivity index (χ0v) is 10.6. The minimum atomic E-state index is 0.0390. The highest BCUT2D eigenvalue weighted by Gasteiger charge is 2.19. The van der Waals surface area contributed by atoms with Crippen LogP contribution < -0.4 is 0 Å². The Labute approximate surface area is 112 Å². The maximum absolute atomic E-state index is 12.1. The summed E-state index contributed by atoms with van der Waals surface area (Å²) in [6.45, 7) is 1.42. The highest BCUT2D eigenvalue weighted by atomic mass is 16.3. The lowest BCUT2D eigenvalue weighted by atomic mass is 9.99. The average molecular weight is 253 g/mol. The summed E-state index contributed by atoms with van der Waals surface area (Å²) in [6.07, 6.45) is 6.06. The van der Waals surface area contributed by atoms with Crippen molar-refractivity contribution in [1.29, 1.82) is 0 Å². The minimum absolute atomic E-state index is 0.0390. The van der Waals surface area contributed by atoms with E-state index >= 15 is 0 Å². The highest BCUT2D eigenvalue weighted by Crippen LogP contribution is 2.22. The standard InChI is InChI=1S/C16H15NO2/c18-16(15-8-11-19-12-15)17-9-6-14(7-10-17)13-4-2-1-3-5-13/h1-6,8,11-12H,7,9-10H2. The number of furan rings is 1. The molecule has 0 atom stereocenters. The number of carbonyl (C=O) groups excluding carboxylic acids is 1. The van der Waals surface area contributed by atoms with E-state index in [2.05, 4.69) is 18.2 Å². The first-order chi connectivity index (χ1) is 9.34. The van der Waals surface area contributed by atoms with Gasteiger partial charge in [-0.2, -0.15) is 0 Å². The molecule has 1 amide bonds. The smallest absolute Gasteiger partial charge is 0.257 e. The largest absolute Gasteiger partial charge is 0.472 e. The van der Waals surface area contributed by atoms with Crippen molar-refractivity contribution in [3.63, 3.8) is 0 Å². The summed E-state index contributed by atoms with van der Waals surface area (Å²) in [5.41, 5.74) is 3.19. The number of amides is 1. The van der Waals surface area contributed by atoms with Crippen molar-refractivity contribution in [2.75, 3.05) is 13.1 Å². The average Bonchev–Trinajstić information content (AvgIpc) is 3.02. The van der Waals surface area contributed by atoms with Crippen LogP contribution in [0, 0.1) is 0 Å². The van der Waals surface area contributed by atoms with Crippen LogP contribution in [0.1, 0.15) is 22.3 Å². The van der Waals surface area contributed by atoms with Gasteiger partial charge in [0.05, 0.1) is 11.8 Å². The zero-order chi connectivity index (χ0) is 13.1. The van der Waals surface area contributed by atoms with Crippen LogP contribution in [0.3, 0.4) is 0 Å². The van der Waals surface area contributed by atoms with Gasteiger partial charge in [-0.3, -0.25) is 4.79 Å². The van der Waals surface area contributed by atoms with Crippen LogP contribution in [-0.4, -0.2) is 23.9 Å². The van der Waals surface area contributed by atoms with Gasteiger partial charge < -0.3 is 9.32 Å². The van der Waals surface area contributed by atoms with Gasteiger partial charge in [-0.15, -0.1) is 0 Å². The highest BCUT2D eigenvalue weighted by molar-refractivity contribution is 5.94. The van der Waals surface area contributed by atoms with Gasteiger partial charge in [-0.25, -0.2) is 0 Å². The molecule has 2 aromatic rings. The van der Waals surface area contributed by atoms with E-state index in [1.54, 1.807) is 6.07 Å². The van der Waals surface area contributed by atoms with Crippen molar-refractivity contribution < 1.29 is 9.21 Å². The third kappa shape index (κ3) is 2.45. The molecule has 3 heteroatoms. The SMILES string of the molecule is O=C(c1ccoc1)N1CC=C(c2ccccc2)CC1. The Kier molecular flexibility index (Phi) is 3.19. The van der Waals surface area contributed by atoms with E-state index in [1.807, 2.05) is 23.1 Å². The van der Waals surface area contributed by atoms with E-state index in [1.165, 1.54) is 23.7 Å². The van der Waals surface area contributed by atoms with Crippen LogP contribution in [0.5, 0.6) is 0 Å². The molecule has 0 saturated heterocycles. The van der Waals surface area contributed by atoms with Gasteiger partial charge in [0.2, 0.25) is 0 Å². The van der Waals surface area contributed by atoms with Gasteiger partial charge in [0.25, 0.3) is 5.91 Å². The molecule has 0 spiro atoms. The van der Waals surface area contributed by atoms with Crippen molar-refractivity contribution in [3.05, 3.63) is 66.1 Å². The molecular formula is C16H15NO2. The van der Waals surface area contributed by atoms with Crippen molar-refractivity contribution >= 4 is 11.5 Å². The second-order valence-electron chi connectivity index (χ2n) is 4.61. The number of carbonyl (C=O) groups is 1. The summed E-state index contributed by atoms with van der Waals surface area (Å²) >= 11 is 0. The van der Waals surface area contributed by atoms with Crippen molar-refractivity contribution in [2.45, 2.75) is 6.42 Å². The molecule has 3 nitrogen and oxygen atoms in total. The first-order valence-corrected chi connectivity index (χ1v) is 6.40. The number of benzene rings is 1. The lowest BCUT2D eigenvalue weighted by molar-refractivity contribution is 0.0772. The molecule has 1 aliphatic rings. The molecule has 0 bridgehead atoms. The summed E-state index contributed by atoms with van der Waals surface area (Å²) < 4.78 is 4.95. The van der Waals surface area contributed by atoms with E-state index in [-0.39, 0.29) is 5.91 Å². The molecule has 19 heavy (non-hydrogen) atoms. The van der Waals surface area contributed by atoms with Crippen molar-refractivity contribution in [3.8, 4) is 0 Å². The Morgan fingerprint density at radius 2 is 2.00 bits per heavy atom. The maximum Gasteiger partial charge on any atom is 0.257 e. The molecule has 1 aliphatic heterocycles. The molecule has 0 saturated carbocycles. The van der Waals surface area contributed by atoms with Gasteiger partial charge >= 0.3 is 0 Å². The lowest BCUT2D eigenvalue weighted by Crippen LogP contribution is -2.34. The van der Waals surface area contributed by atoms with Crippen molar-refractivity contribution in [1.82, 2.24) is 4.90 Å². The maximum atomic E-state index is 12.1. The quantitative estimate of drug-likeness (QED) is 0.823. The first kappa shape index (κ1) is 11.8. The zero-order valence-electron chi connectivity index (χ0n) is 10.6. The van der Waals surface area contributed by atoms with Crippen molar-refractivity contribution in [2.24, 2.45) is 0 Å². The number of rotatable bonds is 2. The number of hydrogen-bond acceptors (Lipinski definition) is 2. The molecule has 0 fully saturated rings. The van der Waals surface area contributed by atoms with Crippen LogP contribution in [0.4, 0.5) is 0 Å². The minimum Gasteiger partial charge on any atom is -0.472 e. The number of hydrogen-bond donors (Lipinski definition) is 0. The van der Waals surface area contributed by atoms with Crippen LogP contribution in [-0.2, 0) is 0 Å². The lowest BCUT2D eigenvalue weighted by Gasteiger charge is -2.26. The van der Waals surface area contributed by atoms with Crippen LogP contribution in [0.15, 0.2) is 59.4 Å². The summed E-state index contributed by atoms with van der Waals surface area (Å²) in [5.74, 6) is 0.0390. The van der Waals surface area contributed by atoms with E-state index in [0.29, 0.717) is 12.1 Å². The molecule has 0 unspecified atom stereocenters. The second kappa shape index (κ2) is 5.14.